The lowest BCUT2D eigenvalue weighted by Gasteiger charge is -2.27. The van der Waals surface area contributed by atoms with Crippen LogP contribution in [0.15, 0.2) is 143 Å². The highest BCUT2D eigenvalue weighted by molar-refractivity contribution is 7.94. The van der Waals surface area contributed by atoms with Crippen LogP contribution in [0.4, 0.5) is 11.4 Å². The van der Waals surface area contributed by atoms with Gasteiger partial charge < -0.3 is 4.90 Å². The molecule has 0 spiro atoms. The zero-order valence-corrected chi connectivity index (χ0v) is 39.6. The minimum absolute atomic E-state index is 0.194. The smallest absolute Gasteiger partial charge is 0.294 e. The van der Waals surface area contributed by atoms with Crippen LogP contribution in [0.5, 0.6) is 0 Å². The third kappa shape index (κ3) is 12.5. The molecule has 0 amide bonds. The SMILES string of the molecule is CC1(C)C(/C=C/C=C/C=C/C=C2/N(CCCCS(=O)(=O)O)c3cc(-c4ccc(S(=O)(=O)O)cc4)ccc3C2(C)C)=[N+](CCCCSOOO)c2cc(-c3ccc(SOOO)cc3)ccc21. The number of hydrogen-bond acceptors (Lipinski definition) is 13. The minimum atomic E-state index is -4.34. The first-order valence-electron chi connectivity index (χ1n) is 20.8. The number of fused-ring (bicyclic) bond motifs is 2. The van der Waals surface area contributed by atoms with Crippen molar-refractivity contribution >= 4 is 61.4 Å². The van der Waals surface area contributed by atoms with E-state index < -0.39 is 25.7 Å². The maximum Gasteiger partial charge on any atom is 0.294 e. The molecule has 14 nitrogen and oxygen atoms in total. The predicted octanol–water partition coefficient (Wildman–Crippen LogP) is 10.9. The summed E-state index contributed by atoms with van der Waals surface area (Å²) in [6, 6.07) is 26.3. The van der Waals surface area contributed by atoms with Gasteiger partial charge in [-0.05, 0) is 97.3 Å². The Labute approximate surface area is 389 Å². The van der Waals surface area contributed by atoms with E-state index in [4.69, 9.17) is 10.5 Å². The number of hydrogen-bond donors (Lipinski definition) is 4. The summed E-state index contributed by atoms with van der Waals surface area (Å²) in [6.07, 6.45) is 16.6. The molecule has 4 aromatic carbocycles. The molecule has 0 saturated carbocycles. The third-order valence-corrected chi connectivity index (χ3v) is 14.4. The zero-order valence-electron chi connectivity index (χ0n) is 36.4. The molecule has 0 unspecified atom stereocenters. The van der Waals surface area contributed by atoms with Crippen molar-refractivity contribution in [3.63, 3.8) is 0 Å². The number of rotatable bonds is 22. The number of nitrogens with zero attached hydrogens (tertiary/aromatic N) is 2. The first kappa shape index (κ1) is 50.0. The van der Waals surface area contributed by atoms with Gasteiger partial charge in [-0.3, -0.25) is 9.11 Å². The quantitative estimate of drug-likeness (QED) is 0.0110. The fourth-order valence-electron chi connectivity index (χ4n) is 8.32. The topological polar surface area (TPSA) is 192 Å². The van der Waals surface area contributed by atoms with Crippen LogP contribution in [0.25, 0.3) is 22.3 Å². The number of allylic oxidation sites excluding steroid dienone is 8. The zero-order chi connectivity index (χ0) is 46.8. The Morgan fingerprint density at radius 2 is 1.29 bits per heavy atom. The highest BCUT2D eigenvalue weighted by atomic mass is 32.2. The monoisotopic (exact) mass is 965 g/mol. The van der Waals surface area contributed by atoms with Gasteiger partial charge in [-0.1, -0.05) is 103 Å². The summed E-state index contributed by atoms with van der Waals surface area (Å²) in [5.41, 5.74) is 9.42. The average Bonchev–Trinajstić information content (AvgIpc) is 3.61. The van der Waals surface area contributed by atoms with Crippen LogP contribution in [0.3, 0.4) is 0 Å². The summed E-state index contributed by atoms with van der Waals surface area (Å²) in [6.45, 7) is 9.95. The highest BCUT2D eigenvalue weighted by Gasteiger charge is 2.44. The van der Waals surface area contributed by atoms with Gasteiger partial charge in [0, 0.05) is 70.2 Å². The van der Waals surface area contributed by atoms with Crippen LogP contribution in [0.1, 0.15) is 64.5 Å². The maximum atomic E-state index is 11.6. The fraction of sp³-hybridized carbons (Fsp3) is 0.298. The van der Waals surface area contributed by atoms with E-state index in [1.807, 2.05) is 66.8 Å². The minimum Gasteiger partial charge on any atom is -0.344 e. The predicted molar refractivity (Wildman–Crippen MR) is 255 cm³/mol. The van der Waals surface area contributed by atoms with Crippen LogP contribution in [0, 0.1) is 0 Å². The van der Waals surface area contributed by atoms with Crippen LogP contribution in [-0.4, -0.2) is 71.3 Å². The Kier molecular flexibility index (Phi) is 16.9. The van der Waals surface area contributed by atoms with E-state index in [9.17, 15) is 25.9 Å². The van der Waals surface area contributed by atoms with Gasteiger partial charge in [-0.15, -0.1) is 8.67 Å². The lowest BCUT2D eigenvalue weighted by atomic mass is 9.81. The lowest BCUT2D eigenvalue weighted by molar-refractivity contribution is -0.438. The van der Waals surface area contributed by atoms with E-state index in [1.54, 1.807) is 12.1 Å². The molecule has 2 aliphatic rings. The van der Waals surface area contributed by atoms with Gasteiger partial charge >= 0.3 is 0 Å². The molecule has 2 heterocycles. The molecule has 2 aliphatic heterocycles. The van der Waals surface area contributed by atoms with Gasteiger partial charge in [0.25, 0.3) is 20.2 Å². The first-order chi connectivity index (χ1) is 31.0. The second-order valence-electron chi connectivity index (χ2n) is 16.5. The van der Waals surface area contributed by atoms with E-state index in [-0.39, 0.29) is 22.5 Å². The van der Waals surface area contributed by atoms with Crippen LogP contribution in [-0.2, 0) is 49.8 Å². The molecule has 4 aromatic rings. The molecule has 0 aromatic heterocycles. The fourth-order valence-corrected chi connectivity index (χ4v) is 10.2. The van der Waals surface area contributed by atoms with E-state index >= 15 is 0 Å². The summed E-state index contributed by atoms with van der Waals surface area (Å²) >= 11 is 1.95. The van der Waals surface area contributed by atoms with Crippen molar-refractivity contribution in [2.45, 2.75) is 74.0 Å². The first-order valence-corrected chi connectivity index (χ1v) is 25.5. The molecule has 18 heteroatoms. The average molecular weight is 966 g/mol. The summed E-state index contributed by atoms with van der Waals surface area (Å²) in [7, 11) is -8.44. The molecular weight excluding hydrogens is 913 g/mol. The van der Waals surface area contributed by atoms with Crippen molar-refractivity contribution in [1.29, 1.82) is 0 Å². The Bertz CT molecular complexity index is 2690. The second kappa shape index (κ2) is 21.9. The summed E-state index contributed by atoms with van der Waals surface area (Å²) in [5, 5.41) is 24.5. The molecule has 0 saturated heterocycles. The molecule has 65 heavy (non-hydrogen) atoms. The molecule has 346 valence electrons. The number of anilines is 1. The van der Waals surface area contributed by atoms with E-state index in [1.165, 1.54) is 17.7 Å². The second-order valence-corrected chi connectivity index (χ2v) is 21.0. The number of benzene rings is 4. The molecular formula is C47H53N2O12S4+. The van der Waals surface area contributed by atoms with Crippen molar-refractivity contribution in [3.8, 4) is 22.3 Å². The highest BCUT2D eigenvalue weighted by Crippen LogP contribution is 2.49. The molecule has 0 aliphatic carbocycles. The molecule has 0 bridgehead atoms. The molecule has 0 radical (unpaired) electrons. The number of unbranched alkanes of at least 4 members (excludes halogenated alkanes) is 2. The van der Waals surface area contributed by atoms with Crippen molar-refractivity contribution in [1.82, 2.24) is 0 Å². The van der Waals surface area contributed by atoms with Crippen LogP contribution >= 0.6 is 24.1 Å². The Morgan fingerprint density at radius 1 is 0.677 bits per heavy atom. The van der Waals surface area contributed by atoms with E-state index in [0.717, 1.165) is 99.0 Å². The van der Waals surface area contributed by atoms with E-state index in [0.29, 0.717) is 18.7 Å². The van der Waals surface area contributed by atoms with Crippen molar-refractivity contribution in [2.24, 2.45) is 0 Å². The van der Waals surface area contributed by atoms with Gasteiger partial charge in [-0.2, -0.15) is 21.4 Å². The third-order valence-electron chi connectivity index (χ3n) is 11.5. The van der Waals surface area contributed by atoms with Crippen molar-refractivity contribution in [2.75, 3.05) is 29.5 Å². The Hall–Kier alpha value is -4.41. The van der Waals surface area contributed by atoms with Gasteiger partial charge in [-0.25, -0.2) is 10.5 Å². The normalized spacial score (nSPS) is 16.5. The molecule has 0 atom stereocenters. The molecule has 6 rings (SSSR count). The van der Waals surface area contributed by atoms with Crippen LogP contribution in [0.2, 0.25) is 0 Å². The van der Waals surface area contributed by atoms with Crippen molar-refractivity contribution < 1.29 is 59.8 Å². The summed E-state index contributed by atoms with van der Waals surface area (Å²) in [4.78, 5) is 2.74. The standard InChI is InChI=1S/C47H52N2O12S4/c1-46(2)40-26-20-36(34-16-22-38(23-17-34)63-61-59-51)32-42(40)48(28-10-12-30-62-60-58-50)44(46)14-8-6-5-7-9-15-45-47(3,4)41-27-21-37(35-18-24-39(25-19-35)65(55,56)57)33-43(41)49(45)29-11-13-31-64(52,53)54/h5-9,14-27,32-33H,10-13,28-31H2,1-4H3,(H3-,50,51,52,53,54,55,56,57)/p+1. The summed E-state index contributed by atoms with van der Waals surface area (Å²) in [5.74, 6) is 0.308. The van der Waals surface area contributed by atoms with Gasteiger partial charge in [0.1, 0.15) is 6.54 Å². The maximum absolute atomic E-state index is 11.6. The largest absolute Gasteiger partial charge is 0.344 e. The molecule has 0 fully saturated rings. The van der Waals surface area contributed by atoms with Gasteiger partial charge in [0.2, 0.25) is 5.69 Å². The van der Waals surface area contributed by atoms with Crippen molar-refractivity contribution in [3.05, 3.63) is 144 Å². The molecule has 4 N–H and O–H groups in total. The Morgan fingerprint density at radius 3 is 1.95 bits per heavy atom. The lowest BCUT2D eigenvalue weighted by Crippen LogP contribution is -2.27. The van der Waals surface area contributed by atoms with E-state index in [2.05, 4.69) is 92.3 Å². The van der Waals surface area contributed by atoms with Crippen LogP contribution < -0.4 is 4.90 Å². The van der Waals surface area contributed by atoms with Gasteiger partial charge in [0.15, 0.2) is 5.71 Å². The Balaban J connectivity index is 1.25. The van der Waals surface area contributed by atoms with Gasteiger partial charge in [0.05, 0.1) is 28.1 Å². The summed E-state index contributed by atoms with van der Waals surface area (Å²) < 4.78 is 76.6.